The van der Waals surface area contributed by atoms with E-state index >= 15 is 0 Å². The van der Waals surface area contributed by atoms with Gasteiger partial charge in [0.05, 0.1) is 16.9 Å². The number of benzene rings is 4. The third kappa shape index (κ3) is 3.22. The van der Waals surface area contributed by atoms with Crippen LogP contribution in [0.5, 0.6) is 0 Å². The Morgan fingerprint density at radius 2 is 1.35 bits per heavy atom. The van der Waals surface area contributed by atoms with E-state index in [1.807, 2.05) is 0 Å². The van der Waals surface area contributed by atoms with Crippen LogP contribution < -0.4 is 10.4 Å². The van der Waals surface area contributed by atoms with Crippen molar-refractivity contribution in [1.82, 2.24) is 9.38 Å². The SMILES string of the molecule is C1=Cc2c(nc3c4cc(-c5ccc6c(c5)=CCCC=6)ccc4c4ccc(-c5ccccc5)cc4n23)CC1. The molecule has 0 amide bonds. The molecular weight excluding hydrogens is 448 g/mol. The molecule has 37 heavy (non-hydrogen) atoms. The van der Waals surface area contributed by atoms with Gasteiger partial charge in [-0.25, -0.2) is 4.98 Å². The zero-order valence-electron chi connectivity index (χ0n) is 20.6. The summed E-state index contributed by atoms with van der Waals surface area (Å²) in [7, 11) is 0. The Labute approximate surface area is 215 Å². The Bertz CT molecular complexity index is 2020. The van der Waals surface area contributed by atoms with E-state index in [2.05, 4.69) is 114 Å². The Balaban J connectivity index is 1.44. The van der Waals surface area contributed by atoms with E-state index in [1.54, 1.807) is 0 Å². The van der Waals surface area contributed by atoms with Crippen molar-refractivity contribution in [3.05, 3.63) is 113 Å². The highest BCUT2D eigenvalue weighted by atomic mass is 15.0. The van der Waals surface area contributed by atoms with Crippen LogP contribution in [-0.2, 0) is 6.42 Å². The summed E-state index contributed by atoms with van der Waals surface area (Å²) in [4.78, 5) is 5.24. The number of aromatic nitrogens is 2. The van der Waals surface area contributed by atoms with Gasteiger partial charge in [0.1, 0.15) is 5.65 Å². The van der Waals surface area contributed by atoms with E-state index in [4.69, 9.17) is 4.98 Å². The third-order valence-corrected chi connectivity index (χ3v) is 8.02. The van der Waals surface area contributed by atoms with Crippen molar-refractivity contribution < 1.29 is 0 Å². The van der Waals surface area contributed by atoms with E-state index < -0.39 is 0 Å². The van der Waals surface area contributed by atoms with Gasteiger partial charge < -0.3 is 0 Å². The summed E-state index contributed by atoms with van der Waals surface area (Å²) in [6.45, 7) is 0. The molecule has 8 rings (SSSR count). The topological polar surface area (TPSA) is 17.3 Å². The predicted octanol–water partition coefficient (Wildman–Crippen LogP) is 7.29. The molecule has 0 spiro atoms. The van der Waals surface area contributed by atoms with Crippen LogP contribution in [0.15, 0.2) is 91.0 Å². The number of fused-ring (bicyclic) bond motifs is 9. The lowest BCUT2D eigenvalue weighted by atomic mass is 9.96. The van der Waals surface area contributed by atoms with Crippen molar-refractivity contribution in [3.8, 4) is 22.3 Å². The van der Waals surface area contributed by atoms with E-state index in [0.29, 0.717) is 0 Å². The molecule has 2 aliphatic rings. The van der Waals surface area contributed by atoms with Crippen molar-refractivity contribution in [2.75, 3.05) is 0 Å². The van der Waals surface area contributed by atoms with Crippen LogP contribution in [0.2, 0.25) is 0 Å². The van der Waals surface area contributed by atoms with Gasteiger partial charge in [-0.1, -0.05) is 85.0 Å². The quantitative estimate of drug-likeness (QED) is 0.241. The molecule has 2 heterocycles. The van der Waals surface area contributed by atoms with Crippen molar-refractivity contribution in [1.29, 1.82) is 0 Å². The zero-order chi connectivity index (χ0) is 24.3. The average molecular weight is 475 g/mol. The lowest BCUT2D eigenvalue weighted by Gasteiger charge is -2.14. The smallest absolute Gasteiger partial charge is 0.145 e. The standard InChI is InChI=1S/C35H26N2/c1-2-8-23(9-3-1)28-17-19-30-29-18-16-27(26-15-14-24-10-4-5-11-25(24)20-26)21-31(29)35-36-32-12-6-7-13-33(32)37(35)34(30)22-28/h1-3,7-11,13-22H,4-6,12H2. The number of rotatable bonds is 2. The molecule has 0 saturated carbocycles. The van der Waals surface area contributed by atoms with Crippen LogP contribution in [0.25, 0.3) is 67.8 Å². The van der Waals surface area contributed by atoms with Crippen LogP contribution in [0, 0.1) is 0 Å². The molecule has 0 radical (unpaired) electrons. The number of hydrogen-bond donors (Lipinski definition) is 0. The fourth-order valence-corrected chi connectivity index (χ4v) is 6.17. The second kappa shape index (κ2) is 8.04. The maximum absolute atomic E-state index is 5.24. The minimum Gasteiger partial charge on any atom is -0.292 e. The molecule has 0 fully saturated rings. The van der Waals surface area contributed by atoms with Gasteiger partial charge in [0.15, 0.2) is 0 Å². The van der Waals surface area contributed by atoms with Crippen LogP contribution >= 0.6 is 0 Å². The molecule has 2 aliphatic carbocycles. The van der Waals surface area contributed by atoms with Gasteiger partial charge in [-0.2, -0.15) is 0 Å². The van der Waals surface area contributed by atoms with Crippen LogP contribution in [0.3, 0.4) is 0 Å². The Morgan fingerprint density at radius 1 is 0.595 bits per heavy atom. The highest BCUT2D eigenvalue weighted by molar-refractivity contribution is 6.13. The summed E-state index contributed by atoms with van der Waals surface area (Å²) in [5.74, 6) is 0. The van der Waals surface area contributed by atoms with Crippen molar-refractivity contribution in [2.24, 2.45) is 0 Å². The first-order valence-electron chi connectivity index (χ1n) is 13.3. The first-order valence-corrected chi connectivity index (χ1v) is 13.3. The van der Waals surface area contributed by atoms with E-state index in [9.17, 15) is 0 Å². The molecule has 0 atom stereocenters. The maximum atomic E-state index is 5.24. The third-order valence-electron chi connectivity index (χ3n) is 8.02. The van der Waals surface area contributed by atoms with Crippen LogP contribution in [0.4, 0.5) is 0 Å². The Hall–Kier alpha value is -4.43. The molecule has 2 heteroatoms. The molecule has 0 unspecified atom stereocenters. The maximum Gasteiger partial charge on any atom is 0.145 e. The first kappa shape index (κ1) is 20.7. The van der Waals surface area contributed by atoms with Crippen molar-refractivity contribution >= 4 is 45.6 Å². The molecule has 176 valence electrons. The average Bonchev–Trinajstić information content (AvgIpc) is 3.37. The van der Waals surface area contributed by atoms with Gasteiger partial charge in [0.2, 0.25) is 0 Å². The Kier molecular flexibility index (Phi) is 4.51. The highest BCUT2D eigenvalue weighted by Gasteiger charge is 2.19. The van der Waals surface area contributed by atoms with Gasteiger partial charge >= 0.3 is 0 Å². The molecule has 0 N–H and O–H groups in total. The van der Waals surface area contributed by atoms with Crippen molar-refractivity contribution in [3.63, 3.8) is 0 Å². The number of aryl methyl sites for hydroxylation is 1. The van der Waals surface area contributed by atoms with E-state index in [1.165, 1.54) is 65.8 Å². The number of nitrogens with zero attached hydrogens (tertiary/aromatic N) is 2. The molecule has 0 saturated heterocycles. The minimum absolute atomic E-state index is 0.992. The van der Waals surface area contributed by atoms with Crippen LogP contribution in [0.1, 0.15) is 30.7 Å². The minimum atomic E-state index is 0.992. The monoisotopic (exact) mass is 474 g/mol. The molecule has 0 aliphatic heterocycles. The number of hydrogen-bond acceptors (Lipinski definition) is 1. The largest absolute Gasteiger partial charge is 0.292 e. The molecule has 6 aromatic rings. The summed E-state index contributed by atoms with van der Waals surface area (Å²) in [5, 5.41) is 6.44. The second-order valence-electron chi connectivity index (χ2n) is 10.2. The van der Waals surface area contributed by atoms with Gasteiger partial charge in [-0.15, -0.1) is 0 Å². The summed E-state index contributed by atoms with van der Waals surface area (Å²) in [6.07, 6.45) is 13.6. The predicted molar refractivity (Wildman–Crippen MR) is 156 cm³/mol. The Morgan fingerprint density at radius 3 is 2.24 bits per heavy atom. The summed E-state index contributed by atoms with van der Waals surface area (Å²) < 4.78 is 2.40. The normalized spacial score (nSPS) is 14.4. The number of imidazole rings is 1. The molecule has 2 nitrogen and oxygen atoms in total. The first-order chi connectivity index (χ1) is 18.3. The van der Waals surface area contributed by atoms with Gasteiger partial charge in [-0.3, -0.25) is 4.40 Å². The van der Waals surface area contributed by atoms with E-state index in [0.717, 1.165) is 31.3 Å². The number of pyridine rings is 1. The lowest BCUT2D eigenvalue weighted by molar-refractivity contribution is 0.943. The summed E-state index contributed by atoms with van der Waals surface area (Å²) in [6, 6.07) is 31.3. The van der Waals surface area contributed by atoms with Crippen LogP contribution in [-0.4, -0.2) is 9.38 Å². The number of allylic oxidation sites excluding steroid dienone is 1. The summed E-state index contributed by atoms with van der Waals surface area (Å²) in [5.41, 5.74) is 9.68. The molecule has 0 bridgehead atoms. The van der Waals surface area contributed by atoms with Gasteiger partial charge in [0.25, 0.3) is 0 Å². The molecular formula is C35H26N2. The fraction of sp³-hybridized carbons (Fsp3) is 0.114. The van der Waals surface area contributed by atoms with Gasteiger partial charge in [-0.05, 0) is 88.0 Å². The molecule has 4 aromatic carbocycles. The van der Waals surface area contributed by atoms with Gasteiger partial charge in [0, 0.05) is 10.8 Å². The summed E-state index contributed by atoms with van der Waals surface area (Å²) >= 11 is 0. The highest BCUT2D eigenvalue weighted by Crippen LogP contribution is 2.37. The molecule has 2 aromatic heterocycles. The van der Waals surface area contributed by atoms with E-state index in [-0.39, 0.29) is 0 Å². The zero-order valence-corrected chi connectivity index (χ0v) is 20.6. The fourth-order valence-electron chi connectivity index (χ4n) is 6.17. The second-order valence-corrected chi connectivity index (χ2v) is 10.2. The lowest BCUT2D eigenvalue weighted by Crippen LogP contribution is -2.26. The van der Waals surface area contributed by atoms with Crippen molar-refractivity contribution in [2.45, 2.75) is 25.7 Å².